The van der Waals surface area contributed by atoms with Crippen molar-refractivity contribution >= 4 is 17.5 Å². The van der Waals surface area contributed by atoms with Gasteiger partial charge in [-0.2, -0.15) is 0 Å². The van der Waals surface area contributed by atoms with Gasteiger partial charge < -0.3 is 10.4 Å². The first kappa shape index (κ1) is 16.0. The van der Waals surface area contributed by atoms with E-state index in [0.29, 0.717) is 10.6 Å². The first-order valence-electron chi connectivity index (χ1n) is 7.54. The van der Waals surface area contributed by atoms with Crippen molar-refractivity contribution in [2.24, 2.45) is 0 Å². The number of nitrogens with one attached hydrogen (secondary N) is 1. The average molecular weight is 334 g/mol. The Balaban J connectivity index is 1.61. The van der Waals surface area contributed by atoms with E-state index in [0.717, 1.165) is 24.0 Å². The molecule has 2 unspecified atom stereocenters. The van der Waals surface area contributed by atoms with E-state index in [1.807, 2.05) is 0 Å². The molecular weight excluding hydrogens is 317 g/mol. The number of aliphatic hydroxyl groups excluding tert-OH is 1. The number of carbonyl (C=O) groups excluding carboxylic acids is 1. The minimum Gasteiger partial charge on any atom is -0.388 e. The molecular formula is C18H17ClFNO2. The predicted octanol–water partition coefficient (Wildman–Crippen LogP) is 3.71. The molecule has 0 spiro atoms. The molecule has 0 fully saturated rings. The number of benzene rings is 2. The van der Waals surface area contributed by atoms with Gasteiger partial charge in [0.1, 0.15) is 5.82 Å². The largest absolute Gasteiger partial charge is 0.388 e. The molecule has 0 radical (unpaired) electrons. The van der Waals surface area contributed by atoms with Crippen LogP contribution in [0.15, 0.2) is 42.5 Å². The summed E-state index contributed by atoms with van der Waals surface area (Å²) in [6, 6.07) is 11.3. The summed E-state index contributed by atoms with van der Waals surface area (Å²) >= 11 is 5.81. The molecule has 2 aromatic rings. The Hall–Kier alpha value is -1.91. The van der Waals surface area contributed by atoms with Gasteiger partial charge in [-0.15, -0.1) is 0 Å². The van der Waals surface area contributed by atoms with Gasteiger partial charge in [0.05, 0.1) is 18.6 Å². The Kier molecular flexibility index (Phi) is 4.64. The molecule has 23 heavy (non-hydrogen) atoms. The van der Waals surface area contributed by atoms with Crippen LogP contribution in [0.25, 0.3) is 0 Å². The van der Waals surface area contributed by atoms with Gasteiger partial charge in [-0.1, -0.05) is 29.8 Å². The molecule has 0 aromatic heterocycles. The summed E-state index contributed by atoms with van der Waals surface area (Å²) in [6.07, 6.45) is 0.606. The van der Waals surface area contributed by atoms with Gasteiger partial charge in [0.15, 0.2) is 0 Å². The fourth-order valence-corrected chi connectivity index (χ4v) is 3.09. The number of amides is 1. The highest BCUT2D eigenvalue weighted by molar-refractivity contribution is 6.30. The summed E-state index contributed by atoms with van der Waals surface area (Å²) < 4.78 is 13.2. The highest BCUT2D eigenvalue weighted by atomic mass is 35.5. The molecule has 3 nitrogen and oxygen atoms in total. The maximum Gasteiger partial charge on any atom is 0.223 e. The maximum atomic E-state index is 13.2. The molecule has 1 amide bonds. The fraction of sp³-hybridized carbons (Fsp3) is 0.278. The molecule has 2 N–H and O–H groups in total. The summed E-state index contributed by atoms with van der Waals surface area (Å²) in [5, 5.41) is 13.6. The van der Waals surface area contributed by atoms with Gasteiger partial charge in [-0.3, -0.25) is 4.79 Å². The number of aryl methyl sites for hydroxylation is 1. The van der Waals surface area contributed by atoms with Crippen LogP contribution in [-0.2, 0) is 11.2 Å². The van der Waals surface area contributed by atoms with Crippen LogP contribution in [0.5, 0.6) is 0 Å². The minimum atomic E-state index is -0.874. The molecule has 1 aliphatic carbocycles. The second-order valence-corrected chi connectivity index (χ2v) is 6.21. The third-order valence-electron chi connectivity index (χ3n) is 4.15. The number of aliphatic hydroxyl groups is 1. The molecule has 0 bridgehead atoms. The molecule has 2 atom stereocenters. The number of fused-ring (bicyclic) bond motifs is 1. The van der Waals surface area contributed by atoms with Crippen LogP contribution in [0, 0.1) is 5.82 Å². The standard InChI is InChI=1S/C18H17ClFNO2/c19-13-4-1-11(2-5-13)17(22)10-18(23)21-16-8-3-12-9-14(20)6-7-15(12)16/h1-2,4-7,9,16-17,22H,3,8,10H2,(H,21,23). The van der Waals surface area contributed by atoms with Crippen LogP contribution in [-0.4, -0.2) is 11.0 Å². The van der Waals surface area contributed by atoms with E-state index in [1.165, 1.54) is 12.1 Å². The van der Waals surface area contributed by atoms with Crippen molar-refractivity contribution in [3.63, 3.8) is 0 Å². The van der Waals surface area contributed by atoms with Crippen LogP contribution < -0.4 is 5.32 Å². The quantitative estimate of drug-likeness (QED) is 0.896. The average Bonchev–Trinajstić information content (AvgIpc) is 2.89. The molecule has 2 aromatic carbocycles. The number of rotatable bonds is 4. The van der Waals surface area contributed by atoms with E-state index in [1.54, 1.807) is 30.3 Å². The SMILES string of the molecule is O=C(CC(O)c1ccc(Cl)cc1)NC1CCc2cc(F)ccc21. The summed E-state index contributed by atoms with van der Waals surface area (Å²) in [5.74, 6) is -0.483. The first-order chi connectivity index (χ1) is 11.0. The van der Waals surface area contributed by atoms with Gasteiger partial charge in [0, 0.05) is 5.02 Å². The Morgan fingerprint density at radius 3 is 2.78 bits per heavy atom. The van der Waals surface area contributed by atoms with Crippen LogP contribution >= 0.6 is 11.6 Å². The lowest BCUT2D eigenvalue weighted by Crippen LogP contribution is -2.28. The second kappa shape index (κ2) is 6.69. The van der Waals surface area contributed by atoms with Crippen LogP contribution in [0.2, 0.25) is 5.02 Å². The van der Waals surface area contributed by atoms with Crippen molar-refractivity contribution < 1.29 is 14.3 Å². The number of hydrogen-bond acceptors (Lipinski definition) is 2. The van der Waals surface area contributed by atoms with E-state index < -0.39 is 6.10 Å². The first-order valence-corrected chi connectivity index (χ1v) is 7.92. The summed E-state index contributed by atoms with van der Waals surface area (Å²) in [7, 11) is 0. The van der Waals surface area contributed by atoms with Gasteiger partial charge >= 0.3 is 0 Å². The minimum absolute atomic E-state index is 0.0192. The van der Waals surface area contributed by atoms with Gasteiger partial charge in [-0.25, -0.2) is 4.39 Å². The monoisotopic (exact) mass is 333 g/mol. The van der Waals surface area contributed by atoms with Gasteiger partial charge in [0.25, 0.3) is 0 Å². The Morgan fingerprint density at radius 1 is 1.30 bits per heavy atom. The number of carbonyl (C=O) groups is 1. The Bertz CT molecular complexity index is 717. The maximum absolute atomic E-state index is 13.2. The van der Waals surface area contributed by atoms with Crippen LogP contribution in [0.1, 0.15) is 41.7 Å². The molecule has 120 valence electrons. The van der Waals surface area contributed by atoms with Crippen molar-refractivity contribution in [3.05, 3.63) is 70.0 Å². The summed E-state index contributed by atoms with van der Waals surface area (Å²) in [5.41, 5.74) is 2.55. The zero-order valence-electron chi connectivity index (χ0n) is 12.4. The predicted molar refractivity (Wildman–Crippen MR) is 86.6 cm³/mol. The van der Waals surface area contributed by atoms with Crippen LogP contribution in [0.4, 0.5) is 4.39 Å². The van der Waals surface area contributed by atoms with Crippen molar-refractivity contribution in [2.45, 2.75) is 31.4 Å². The molecule has 0 heterocycles. The van der Waals surface area contributed by atoms with E-state index in [9.17, 15) is 14.3 Å². The summed E-state index contributed by atoms with van der Waals surface area (Å²) in [6.45, 7) is 0. The fourth-order valence-electron chi connectivity index (χ4n) is 2.97. The zero-order valence-corrected chi connectivity index (χ0v) is 13.2. The normalized spacial score (nSPS) is 17.6. The number of halogens is 2. The summed E-state index contributed by atoms with van der Waals surface area (Å²) in [4.78, 5) is 12.2. The highest BCUT2D eigenvalue weighted by Gasteiger charge is 2.25. The lowest BCUT2D eigenvalue weighted by Gasteiger charge is -2.16. The lowest BCUT2D eigenvalue weighted by molar-refractivity contribution is -0.123. The highest BCUT2D eigenvalue weighted by Crippen LogP contribution is 2.31. The van der Waals surface area contributed by atoms with E-state index in [-0.39, 0.29) is 24.2 Å². The Morgan fingerprint density at radius 2 is 2.04 bits per heavy atom. The number of hydrogen-bond donors (Lipinski definition) is 2. The third kappa shape index (κ3) is 3.71. The topological polar surface area (TPSA) is 49.3 Å². The smallest absolute Gasteiger partial charge is 0.223 e. The molecule has 0 aliphatic heterocycles. The molecule has 5 heteroatoms. The van der Waals surface area contributed by atoms with Crippen molar-refractivity contribution in [1.29, 1.82) is 0 Å². The second-order valence-electron chi connectivity index (χ2n) is 5.77. The molecule has 0 saturated heterocycles. The zero-order chi connectivity index (χ0) is 16.4. The van der Waals surface area contributed by atoms with E-state index >= 15 is 0 Å². The van der Waals surface area contributed by atoms with E-state index in [4.69, 9.17) is 11.6 Å². The van der Waals surface area contributed by atoms with Crippen molar-refractivity contribution in [2.75, 3.05) is 0 Å². The lowest BCUT2D eigenvalue weighted by atomic mass is 10.1. The Labute approximate surface area is 139 Å². The van der Waals surface area contributed by atoms with E-state index in [2.05, 4.69) is 5.32 Å². The molecule has 1 aliphatic rings. The van der Waals surface area contributed by atoms with Crippen molar-refractivity contribution in [3.8, 4) is 0 Å². The van der Waals surface area contributed by atoms with Gasteiger partial charge in [-0.05, 0) is 53.8 Å². The third-order valence-corrected chi connectivity index (χ3v) is 4.40. The molecule has 0 saturated carbocycles. The van der Waals surface area contributed by atoms with Crippen LogP contribution in [0.3, 0.4) is 0 Å². The molecule has 3 rings (SSSR count). The van der Waals surface area contributed by atoms with Gasteiger partial charge in [0.2, 0.25) is 5.91 Å². The van der Waals surface area contributed by atoms with Crippen molar-refractivity contribution in [1.82, 2.24) is 5.32 Å².